The van der Waals surface area contributed by atoms with Gasteiger partial charge in [-0.05, 0) is 13.3 Å². The van der Waals surface area contributed by atoms with Gasteiger partial charge in [-0.1, -0.05) is 7.92 Å². The van der Waals surface area contributed by atoms with Crippen molar-refractivity contribution in [1.82, 2.24) is 5.32 Å². The van der Waals surface area contributed by atoms with Gasteiger partial charge < -0.3 is 9.87 Å². The van der Waals surface area contributed by atoms with Crippen LogP contribution < -0.4 is 5.32 Å². The second-order valence-electron chi connectivity index (χ2n) is 2.16. The van der Waals surface area contributed by atoms with E-state index in [2.05, 4.69) is 0 Å². The molecule has 0 aromatic heterocycles. The summed E-state index contributed by atoms with van der Waals surface area (Å²) in [5.41, 5.74) is 0. The van der Waals surface area contributed by atoms with Crippen LogP contribution in [0.4, 0.5) is 4.79 Å². The Morgan fingerprint density at radius 2 is 2.00 bits per heavy atom. The minimum atomic E-state index is -4.79. The molecule has 0 bridgehead atoms. The van der Waals surface area contributed by atoms with Crippen molar-refractivity contribution in [1.29, 1.82) is 0 Å². The fourth-order valence-corrected chi connectivity index (χ4v) is 1.13. The van der Waals surface area contributed by atoms with Crippen molar-refractivity contribution in [3.05, 3.63) is 0 Å². The molecular formula is C4H9NO4PS-. The number of rotatable bonds is 2. The van der Waals surface area contributed by atoms with E-state index in [-0.39, 0.29) is 6.29 Å². The van der Waals surface area contributed by atoms with Gasteiger partial charge in [0.05, 0.1) is 0 Å². The first kappa shape index (κ1) is 10.8. The van der Waals surface area contributed by atoms with Gasteiger partial charge in [-0.2, -0.15) is 0 Å². The molecule has 0 heterocycles. The van der Waals surface area contributed by atoms with Crippen molar-refractivity contribution in [3.63, 3.8) is 0 Å². The fraction of sp³-hybridized carbons (Fsp3) is 0.750. The van der Waals surface area contributed by atoms with E-state index < -0.39 is 23.3 Å². The Hall–Kier alpha value is -0.190. The molecule has 7 heteroatoms. The maximum Gasteiger partial charge on any atom is 0.324 e. The van der Waals surface area contributed by atoms with E-state index >= 15 is 0 Å². The van der Waals surface area contributed by atoms with Crippen LogP contribution >= 0.6 is 7.92 Å². The quantitative estimate of drug-likeness (QED) is 0.497. The third kappa shape index (κ3) is 5.12. The lowest BCUT2D eigenvalue weighted by molar-refractivity contribution is 0.256. The summed E-state index contributed by atoms with van der Waals surface area (Å²) in [4.78, 5) is 10.4. The number of amides is 1. The SMILES string of the molecule is CP(C)CNC(=O)S(=O)(=O)[O-]. The summed E-state index contributed by atoms with van der Waals surface area (Å²) in [5.74, 6) is 0. The van der Waals surface area contributed by atoms with Crippen LogP contribution in [0.5, 0.6) is 0 Å². The summed E-state index contributed by atoms with van der Waals surface area (Å²) < 4.78 is 30.0. The molecule has 0 saturated heterocycles. The van der Waals surface area contributed by atoms with Gasteiger partial charge in [-0.3, -0.25) is 4.79 Å². The average Bonchev–Trinajstić information content (AvgIpc) is 1.80. The number of nitrogens with one attached hydrogen (secondary N) is 1. The first-order valence-corrected chi connectivity index (χ1v) is 6.55. The topological polar surface area (TPSA) is 86.3 Å². The van der Waals surface area contributed by atoms with Crippen LogP contribution in [0.2, 0.25) is 0 Å². The third-order valence-electron chi connectivity index (χ3n) is 0.767. The van der Waals surface area contributed by atoms with Gasteiger partial charge in [-0.25, -0.2) is 8.42 Å². The van der Waals surface area contributed by atoms with Crippen molar-refractivity contribution in [2.24, 2.45) is 0 Å². The minimum absolute atomic E-state index is 0.260. The number of hydrogen-bond acceptors (Lipinski definition) is 4. The van der Waals surface area contributed by atoms with Gasteiger partial charge in [0.2, 0.25) is 0 Å². The van der Waals surface area contributed by atoms with Crippen LogP contribution in [0.3, 0.4) is 0 Å². The molecule has 11 heavy (non-hydrogen) atoms. The molecule has 5 nitrogen and oxygen atoms in total. The van der Waals surface area contributed by atoms with E-state index in [1.165, 1.54) is 0 Å². The van der Waals surface area contributed by atoms with Crippen molar-refractivity contribution in [2.45, 2.75) is 0 Å². The molecule has 0 atom stereocenters. The molecule has 0 aromatic rings. The molecule has 66 valence electrons. The molecule has 1 N–H and O–H groups in total. The Morgan fingerprint density at radius 1 is 1.55 bits per heavy atom. The zero-order valence-electron chi connectivity index (χ0n) is 6.20. The van der Waals surface area contributed by atoms with Crippen LogP contribution in [-0.4, -0.2) is 37.8 Å². The third-order valence-corrected chi connectivity index (χ3v) is 2.16. The zero-order chi connectivity index (χ0) is 9.07. The van der Waals surface area contributed by atoms with Crippen molar-refractivity contribution in [3.8, 4) is 0 Å². The summed E-state index contributed by atoms with van der Waals surface area (Å²) >= 11 is 0. The summed E-state index contributed by atoms with van der Waals surface area (Å²) in [6.45, 7) is 3.71. The molecular weight excluding hydrogens is 189 g/mol. The first-order valence-electron chi connectivity index (χ1n) is 2.72. The van der Waals surface area contributed by atoms with Gasteiger partial charge >= 0.3 is 5.24 Å². The minimum Gasteiger partial charge on any atom is -0.740 e. The summed E-state index contributed by atoms with van der Waals surface area (Å²) in [6.07, 6.45) is 0.260. The highest BCUT2D eigenvalue weighted by Gasteiger charge is 2.08. The second kappa shape index (κ2) is 3.99. The van der Waals surface area contributed by atoms with E-state index in [1.807, 2.05) is 18.6 Å². The molecule has 0 spiro atoms. The molecule has 1 amide bonds. The molecule has 0 fully saturated rings. The van der Waals surface area contributed by atoms with E-state index in [9.17, 15) is 17.8 Å². The highest BCUT2D eigenvalue weighted by molar-refractivity contribution is 8.01. The lowest BCUT2D eigenvalue weighted by Crippen LogP contribution is -2.29. The molecule has 0 aliphatic carbocycles. The highest BCUT2D eigenvalue weighted by Crippen LogP contribution is 2.21. The number of carbonyl (C=O) groups excluding carboxylic acids is 1. The van der Waals surface area contributed by atoms with E-state index in [0.29, 0.717) is 0 Å². The smallest absolute Gasteiger partial charge is 0.324 e. The normalized spacial score (nSPS) is 11.6. The Bertz CT molecular complexity index is 234. The largest absolute Gasteiger partial charge is 0.740 e. The molecule has 0 aliphatic rings. The van der Waals surface area contributed by atoms with Crippen molar-refractivity contribution in [2.75, 3.05) is 19.6 Å². The lowest BCUT2D eigenvalue weighted by Gasteiger charge is -2.09. The molecule has 0 saturated carbocycles. The Kier molecular flexibility index (Phi) is 3.92. The Morgan fingerprint density at radius 3 is 2.27 bits per heavy atom. The first-order chi connectivity index (χ1) is 4.84. The van der Waals surface area contributed by atoms with Gasteiger partial charge in [0.1, 0.15) is 0 Å². The van der Waals surface area contributed by atoms with Gasteiger partial charge in [0.25, 0.3) is 0 Å². The van der Waals surface area contributed by atoms with Crippen LogP contribution in [0.1, 0.15) is 0 Å². The maximum absolute atomic E-state index is 10.4. The van der Waals surface area contributed by atoms with Crippen LogP contribution in [-0.2, 0) is 10.1 Å². The van der Waals surface area contributed by atoms with Crippen molar-refractivity contribution >= 4 is 23.3 Å². The average molecular weight is 198 g/mol. The molecule has 0 aromatic carbocycles. The van der Waals surface area contributed by atoms with E-state index in [0.717, 1.165) is 0 Å². The Labute approximate surface area is 66.7 Å². The lowest BCUT2D eigenvalue weighted by atomic mass is 11.2. The molecule has 0 radical (unpaired) electrons. The predicted molar refractivity (Wildman–Crippen MR) is 41.9 cm³/mol. The molecule has 0 unspecified atom stereocenters. The zero-order valence-corrected chi connectivity index (χ0v) is 7.91. The summed E-state index contributed by atoms with van der Waals surface area (Å²) in [7, 11) is -5.20. The van der Waals surface area contributed by atoms with Gasteiger partial charge in [-0.15, -0.1) is 0 Å². The van der Waals surface area contributed by atoms with Crippen LogP contribution in [0, 0.1) is 0 Å². The summed E-state index contributed by atoms with van der Waals surface area (Å²) in [6, 6.07) is 0. The predicted octanol–water partition coefficient (Wildman–Crippen LogP) is -0.0598. The fourth-order valence-electron chi connectivity index (χ4n) is 0.311. The number of hydrogen-bond donors (Lipinski definition) is 1. The summed E-state index contributed by atoms with van der Waals surface area (Å²) in [5, 5.41) is 0.575. The van der Waals surface area contributed by atoms with Crippen molar-refractivity contribution < 1.29 is 17.8 Å². The van der Waals surface area contributed by atoms with E-state index in [4.69, 9.17) is 0 Å². The van der Waals surface area contributed by atoms with Gasteiger partial charge in [0.15, 0.2) is 10.1 Å². The van der Waals surface area contributed by atoms with Crippen LogP contribution in [0.15, 0.2) is 0 Å². The Balaban J connectivity index is 3.92. The standard InChI is InChI=1S/C4H10NO4PS/c1-10(2)3-5-4(6)11(7,8)9/h3H2,1-2H3,(H,5,6)(H,7,8,9)/p-1. The highest BCUT2D eigenvalue weighted by atomic mass is 32.2. The monoisotopic (exact) mass is 198 g/mol. The van der Waals surface area contributed by atoms with Crippen LogP contribution in [0.25, 0.3) is 0 Å². The molecule has 0 aliphatic heterocycles. The number of carbonyl (C=O) groups is 1. The maximum atomic E-state index is 10.4. The second-order valence-corrected chi connectivity index (χ2v) is 5.91. The van der Waals surface area contributed by atoms with Gasteiger partial charge in [0, 0.05) is 6.29 Å². The molecule has 0 rings (SSSR count). The van der Waals surface area contributed by atoms with E-state index in [1.54, 1.807) is 0 Å².